The molecular weight excluding hydrogens is 398 g/mol. The summed E-state index contributed by atoms with van der Waals surface area (Å²) in [5.41, 5.74) is 5.42. The molecule has 1 fully saturated rings. The Morgan fingerprint density at radius 2 is 1.68 bits per heavy atom. The van der Waals surface area contributed by atoms with Crippen LogP contribution in [0.1, 0.15) is 29.3 Å². The van der Waals surface area contributed by atoms with Crippen molar-refractivity contribution in [2.45, 2.75) is 57.4 Å². The third-order valence-corrected chi connectivity index (χ3v) is 6.01. The fourth-order valence-electron chi connectivity index (χ4n) is 4.12. The van der Waals surface area contributed by atoms with Gasteiger partial charge in [0.1, 0.15) is 30.2 Å². The molecule has 3 aromatic rings. The molecule has 7 nitrogen and oxygen atoms in total. The molecule has 0 amide bonds. The fraction of sp³-hybridized carbons (Fsp3) is 0.417. The first-order valence-electron chi connectivity index (χ1n) is 10.6. The summed E-state index contributed by atoms with van der Waals surface area (Å²) in [6.45, 7) is 3.63. The molecule has 2 aromatic carbocycles. The highest BCUT2D eigenvalue weighted by Gasteiger charge is 2.44. The number of aromatic nitrogens is 1. The highest BCUT2D eigenvalue weighted by Crippen LogP contribution is 2.35. The second kappa shape index (κ2) is 8.98. The molecule has 1 aliphatic rings. The van der Waals surface area contributed by atoms with Gasteiger partial charge >= 0.3 is 0 Å². The number of fused-ring (bicyclic) bond motifs is 1. The predicted molar refractivity (Wildman–Crippen MR) is 116 cm³/mol. The Bertz CT molecular complexity index is 1030. The Kier molecular flexibility index (Phi) is 6.31. The number of hydrogen-bond donors (Lipinski definition) is 5. The summed E-state index contributed by atoms with van der Waals surface area (Å²) < 4.78 is 11.5. The SMILES string of the molecule is CCc1ccc(Cc2c(C)[nH]c3cccc(O[C@@H]4O[C@H](CO)[C@@H](O)[C@H](O)[C@H]4O)c23)cc1. The van der Waals surface area contributed by atoms with Gasteiger partial charge in [0.2, 0.25) is 6.29 Å². The van der Waals surface area contributed by atoms with Crippen molar-refractivity contribution in [1.82, 2.24) is 4.98 Å². The van der Waals surface area contributed by atoms with Crippen LogP contribution >= 0.6 is 0 Å². The molecule has 0 aliphatic carbocycles. The van der Waals surface area contributed by atoms with Crippen molar-refractivity contribution in [1.29, 1.82) is 0 Å². The normalized spacial score (nSPS) is 26.3. The van der Waals surface area contributed by atoms with Crippen LogP contribution < -0.4 is 4.74 Å². The first-order chi connectivity index (χ1) is 14.9. The monoisotopic (exact) mass is 427 g/mol. The van der Waals surface area contributed by atoms with E-state index >= 15 is 0 Å². The molecule has 2 heterocycles. The summed E-state index contributed by atoms with van der Waals surface area (Å²) in [5.74, 6) is 0.492. The lowest BCUT2D eigenvalue weighted by Crippen LogP contribution is -2.60. The number of aliphatic hydroxyl groups is 4. The van der Waals surface area contributed by atoms with E-state index in [1.807, 2.05) is 19.1 Å². The van der Waals surface area contributed by atoms with Crippen molar-refractivity contribution >= 4 is 10.9 Å². The molecular formula is C24H29NO6. The number of aromatic amines is 1. The largest absolute Gasteiger partial charge is 0.461 e. The number of rotatable bonds is 6. The third-order valence-electron chi connectivity index (χ3n) is 6.01. The average molecular weight is 427 g/mol. The average Bonchev–Trinajstić information content (AvgIpc) is 3.10. The van der Waals surface area contributed by atoms with Crippen LogP contribution in [0.2, 0.25) is 0 Å². The lowest BCUT2D eigenvalue weighted by molar-refractivity contribution is -0.277. The Balaban J connectivity index is 1.67. The lowest BCUT2D eigenvalue weighted by atomic mass is 9.99. The molecule has 5 N–H and O–H groups in total. The molecule has 0 bridgehead atoms. The van der Waals surface area contributed by atoms with Crippen molar-refractivity contribution in [3.8, 4) is 5.75 Å². The van der Waals surface area contributed by atoms with Gasteiger partial charge in [0, 0.05) is 16.6 Å². The van der Waals surface area contributed by atoms with E-state index < -0.39 is 37.3 Å². The minimum Gasteiger partial charge on any atom is -0.461 e. The van der Waals surface area contributed by atoms with Crippen molar-refractivity contribution in [3.05, 3.63) is 64.8 Å². The van der Waals surface area contributed by atoms with Crippen LogP contribution in [0.5, 0.6) is 5.75 Å². The van der Waals surface area contributed by atoms with E-state index in [0.29, 0.717) is 12.2 Å². The second-order valence-corrected chi connectivity index (χ2v) is 8.07. The van der Waals surface area contributed by atoms with Gasteiger partial charge in [0.15, 0.2) is 0 Å². The number of benzene rings is 2. The zero-order chi connectivity index (χ0) is 22.1. The van der Waals surface area contributed by atoms with E-state index in [2.05, 4.69) is 36.2 Å². The Hall–Kier alpha value is -2.42. The molecule has 0 spiro atoms. The fourth-order valence-corrected chi connectivity index (χ4v) is 4.12. The minimum absolute atomic E-state index is 0.492. The van der Waals surface area contributed by atoms with Gasteiger partial charge in [-0.1, -0.05) is 37.3 Å². The summed E-state index contributed by atoms with van der Waals surface area (Å²) in [6.07, 6.45) is -4.93. The molecule has 166 valence electrons. The number of nitrogens with one attached hydrogen (secondary N) is 1. The highest BCUT2D eigenvalue weighted by atomic mass is 16.7. The Morgan fingerprint density at radius 1 is 0.968 bits per heavy atom. The molecule has 31 heavy (non-hydrogen) atoms. The summed E-state index contributed by atoms with van der Waals surface area (Å²) in [7, 11) is 0. The molecule has 1 saturated heterocycles. The first kappa shape index (κ1) is 21.8. The van der Waals surface area contributed by atoms with E-state index in [1.165, 1.54) is 11.1 Å². The number of aliphatic hydroxyl groups excluding tert-OH is 4. The molecule has 4 rings (SSSR count). The summed E-state index contributed by atoms with van der Waals surface area (Å²) in [5, 5.41) is 40.8. The molecule has 5 atom stereocenters. The Labute approximate surface area is 180 Å². The molecule has 0 unspecified atom stereocenters. The van der Waals surface area contributed by atoms with Gasteiger partial charge in [0.05, 0.1) is 6.61 Å². The minimum atomic E-state index is -1.49. The van der Waals surface area contributed by atoms with Gasteiger partial charge in [0.25, 0.3) is 0 Å². The summed E-state index contributed by atoms with van der Waals surface area (Å²) >= 11 is 0. The van der Waals surface area contributed by atoms with Gasteiger partial charge < -0.3 is 34.9 Å². The van der Waals surface area contributed by atoms with Gasteiger partial charge in [-0.25, -0.2) is 0 Å². The van der Waals surface area contributed by atoms with Gasteiger partial charge in [-0.2, -0.15) is 0 Å². The van der Waals surface area contributed by atoms with Crippen molar-refractivity contribution < 1.29 is 29.9 Å². The lowest BCUT2D eigenvalue weighted by Gasteiger charge is -2.39. The molecule has 0 radical (unpaired) electrons. The highest BCUT2D eigenvalue weighted by molar-refractivity contribution is 5.90. The maximum absolute atomic E-state index is 10.4. The van der Waals surface area contributed by atoms with Crippen molar-refractivity contribution in [3.63, 3.8) is 0 Å². The number of aryl methyl sites for hydroxylation is 2. The maximum atomic E-state index is 10.4. The van der Waals surface area contributed by atoms with Crippen LogP contribution in [-0.4, -0.2) is 62.7 Å². The number of hydrogen-bond acceptors (Lipinski definition) is 6. The maximum Gasteiger partial charge on any atom is 0.229 e. The van der Waals surface area contributed by atoms with Gasteiger partial charge in [-0.15, -0.1) is 0 Å². The van der Waals surface area contributed by atoms with E-state index in [9.17, 15) is 20.4 Å². The van der Waals surface area contributed by atoms with Crippen LogP contribution in [0.4, 0.5) is 0 Å². The van der Waals surface area contributed by atoms with E-state index in [1.54, 1.807) is 6.07 Å². The third kappa shape index (κ3) is 4.20. The van der Waals surface area contributed by atoms with E-state index in [4.69, 9.17) is 9.47 Å². The van der Waals surface area contributed by atoms with E-state index in [0.717, 1.165) is 28.6 Å². The van der Waals surface area contributed by atoms with Crippen LogP contribution in [0.25, 0.3) is 10.9 Å². The van der Waals surface area contributed by atoms with Crippen LogP contribution in [0.3, 0.4) is 0 Å². The van der Waals surface area contributed by atoms with Crippen molar-refractivity contribution in [2.24, 2.45) is 0 Å². The second-order valence-electron chi connectivity index (χ2n) is 8.07. The zero-order valence-electron chi connectivity index (χ0n) is 17.7. The smallest absolute Gasteiger partial charge is 0.229 e. The Morgan fingerprint density at radius 3 is 2.35 bits per heavy atom. The number of ether oxygens (including phenoxy) is 2. The van der Waals surface area contributed by atoms with Gasteiger partial charge in [-0.3, -0.25) is 0 Å². The standard InChI is InChI=1S/C24H29NO6/c1-3-14-7-9-15(10-8-14)11-16-13(2)25-17-5-4-6-18(20(16)17)30-24-23(29)22(28)21(27)19(12-26)31-24/h4-10,19,21-29H,3,11-12H2,1-2H3/t19-,21-,22+,23-,24-/m1/s1. The van der Waals surface area contributed by atoms with E-state index in [-0.39, 0.29) is 0 Å². The zero-order valence-corrected chi connectivity index (χ0v) is 17.7. The van der Waals surface area contributed by atoms with Crippen molar-refractivity contribution in [2.75, 3.05) is 6.61 Å². The molecule has 7 heteroatoms. The van der Waals surface area contributed by atoms with Crippen LogP contribution in [0.15, 0.2) is 42.5 Å². The predicted octanol–water partition coefficient (Wildman–Crippen LogP) is 1.81. The summed E-state index contributed by atoms with van der Waals surface area (Å²) in [6, 6.07) is 14.1. The molecule has 1 aliphatic heterocycles. The molecule has 0 saturated carbocycles. The number of H-pyrrole nitrogens is 1. The topological polar surface area (TPSA) is 115 Å². The van der Waals surface area contributed by atoms with Gasteiger partial charge in [-0.05, 0) is 48.6 Å². The van der Waals surface area contributed by atoms with Crippen LogP contribution in [-0.2, 0) is 17.6 Å². The van der Waals surface area contributed by atoms with Crippen LogP contribution in [0, 0.1) is 6.92 Å². The quantitative estimate of drug-likeness (QED) is 0.410. The summed E-state index contributed by atoms with van der Waals surface area (Å²) in [4.78, 5) is 3.38. The first-order valence-corrected chi connectivity index (χ1v) is 10.6. The molecule has 1 aromatic heterocycles.